The van der Waals surface area contributed by atoms with Crippen molar-refractivity contribution < 1.29 is 24.2 Å². The number of carbonyl (C=O) groups excluding carboxylic acids is 2. The Labute approximate surface area is 189 Å². The number of fused-ring (bicyclic) bond motifs is 1. The molecule has 0 radical (unpaired) electrons. The van der Waals surface area contributed by atoms with Crippen LogP contribution in [0.5, 0.6) is 11.5 Å². The van der Waals surface area contributed by atoms with Gasteiger partial charge in [-0.2, -0.15) is 0 Å². The van der Waals surface area contributed by atoms with Crippen LogP contribution in [0.4, 0.5) is 5.69 Å². The summed E-state index contributed by atoms with van der Waals surface area (Å²) in [6.45, 7) is 0.396. The molecule has 9 heteroatoms. The van der Waals surface area contributed by atoms with E-state index in [-0.39, 0.29) is 44.7 Å². The Kier molecular flexibility index (Phi) is 6.55. The van der Waals surface area contributed by atoms with Gasteiger partial charge in [0, 0.05) is 25.2 Å². The van der Waals surface area contributed by atoms with E-state index in [1.54, 1.807) is 24.3 Å². The van der Waals surface area contributed by atoms with Crippen molar-refractivity contribution in [1.29, 1.82) is 0 Å². The molecule has 1 N–H and O–H groups in total. The third kappa shape index (κ3) is 4.73. The predicted octanol–water partition coefficient (Wildman–Crippen LogP) is 3.03. The van der Waals surface area contributed by atoms with Gasteiger partial charge in [0.25, 0.3) is 5.91 Å². The third-order valence-corrected chi connectivity index (χ3v) is 6.19. The Hall–Kier alpha value is -2.88. The van der Waals surface area contributed by atoms with Gasteiger partial charge in [0.05, 0.1) is 11.5 Å². The average molecular weight is 457 g/mol. The van der Waals surface area contributed by atoms with Gasteiger partial charge in [0.15, 0.2) is 11.5 Å². The summed E-state index contributed by atoms with van der Waals surface area (Å²) in [5.41, 5.74) is 1.51. The van der Waals surface area contributed by atoms with Gasteiger partial charge >= 0.3 is 0 Å². The van der Waals surface area contributed by atoms with Crippen LogP contribution in [0.2, 0.25) is 0 Å². The monoisotopic (exact) mass is 456 g/mol. The van der Waals surface area contributed by atoms with E-state index >= 15 is 0 Å². The molecule has 0 aliphatic carbocycles. The van der Waals surface area contributed by atoms with Crippen molar-refractivity contribution in [2.45, 2.75) is 6.42 Å². The number of nitrogens with zero attached hydrogens (tertiary/aromatic N) is 2. The van der Waals surface area contributed by atoms with E-state index in [0.29, 0.717) is 26.4 Å². The molecule has 160 valence electrons. The first-order chi connectivity index (χ1) is 15.1. The maximum atomic E-state index is 12.9. The van der Waals surface area contributed by atoms with Crippen LogP contribution < -0.4 is 14.4 Å². The highest BCUT2D eigenvalue weighted by Crippen LogP contribution is 2.36. The van der Waals surface area contributed by atoms with Gasteiger partial charge in [0.1, 0.15) is 4.32 Å². The first kappa shape index (κ1) is 21.4. The molecule has 2 heterocycles. The van der Waals surface area contributed by atoms with E-state index < -0.39 is 0 Å². The minimum Gasteiger partial charge on any atom is -0.454 e. The number of thiocarbonyl (C=S) groups is 1. The average Bonchev–Trinajstić information content (AvgIpc) is 3.35. The first-order valence-electron chi connectivity index (χ1n) is 9.68. The van der Waals surface area contributed by atoms with Gasteiger partial charge in [-0.25, -0.2) is 0 Å². The first-order valence-corrected chi connectivity index (χ1v) is 10.9. The van der Waals surface area contributed by atoms with Crippen molar-refractivity contribution in [1.82, 2.24) is 4.90 Å². The summed E-state index contributed by atoms with van der Waals surface area (Å²) in [5, 5.41) is 9.34. The normalized spacial score (nSPS) is 16.3. The van der Waals surface area contributed by atoms with Gasteiger partial charge < -0.3 is 19.5 Å². The van der Waals surface area contributed by atoms with Crippen LogP contribution in [-0.4, -0.2) is 52.6 Å². The minimum atomic E-state index is -0.228. The van der Waals surface area contributed by atoms with Crippen molar-refractivity contribution in [3.63, 3.8) is 0 Å². The summed E-state index contributed by atoms with van der Waals surface area (Å²) < 4.78 is 11.1. The zero-order valence-electron chi connectivity index (χ0n) is 16.5. The molecule has 2 aromatic rings. The molecule has 1 saturated heterocycles. The molecule has 1 fully saturated rings. The van der Waals surface area contributed by atoms with E-state index in [2.05, 4.69) is 0 Å². The number of aliphatic hydroxyl groups is 1. The van der Waals surface area contributed by atoms with Crippen LogP contribution >= 0.6 is 24.0 Å². The summed E-state index contributed by atoms with van der Waals surface area (Å²) in [4.78, 5) is 29.1. The maximum Gasteiger partial charge on any atom is 0.266 e. The van der Waals surface area contributed by atoms with E-state index in [1.165, 1.54) is 21.6 Å². The molecule has 2 aromatic carbocycles. The Morgan fingerprint density at radius 1 is 1.19 bits per heavy atom. The van der Waals surface area contributed by atoms with Gasteiger partial charge in [0.2, 0.25) is 12.7 Å². The summed E-state index contributed by atoms with van der Waals surface area (Å²) in [5.74, 6) is 0.900. The van der Waals surface area contributed by atoms with Crippen molar-refractivity contribution in [2.24, 2.45) is 0 Å². The fraction of sp³-hybridized carbons (Fsp3) is 0.227. The Morgan fingerprint density at radius 3 is 2.74 bits per heavy atom. The largest absolute Gasteiger partial charge is 0.454 e. The second-order valence-corrected chi connectivity index (χ2v) is 8.48. The van der Waals surface area contributed by atoms with Gasteiger partial charge in [-0.05, 0) is 35.9 Å². The summed E-state index contributed by atoms with van der Waals surface area (Å²) in [6.07, 6.45) is 1.85. The highest BCUT2D eigenvalue weighted by atomic mass is 32.2. The molecular weight excluding hydrogens is 436 g/mol. The molecule has 4 rings (SSSR count). The van der Waals surface area contributed by atoms with Crippen LogP contribution in [0.15, 0.2) is 53.4 Å². The fourth-order valence-electron chi connectivity index (χ4n) is 3.30. The summed E-state index contributed by atoms with van der Waals surface area (Å²) >= 11 is 6.58. The number of ether oxygens (including phenoxy) is 2. The molecule has 2 aliphatic rings. The number of rotatable bonds is 7. The number of aliphatic hydroxyl groups excluding tert-OH is 1. The van der Waals surface area contributed by atoms with E-state index in [1.807, 2.05) is 30.3 Å². The Morgan fingerprint density at radius 2 is 1.97 bits per heavy atom. The highest BCUT2D eigenvalue weighted by molar-refractivity contribution is 8.26. The molecule has 0 saturated carbocycles. The van der Waals surface area contributed by atoms with Crippen LogP contribution in [0.1, 0.15) is 12.0 Å². The van der Waals surface area contributed by atoms with Gasteiger partial charge in [-0.1, -0.05) is 48.2 Å². The minimum absolute atomic E-state index is 0.0959. The number of anilines is 1. The molecule has 0 atom stereocenters. The topological polar surface area (TPSA) is 79.3 Å². The van der Waals surface area contributed by atoms with Crippen molar-refractivity contribution in [2.75, 3.05) is 31.4 Å². The van der Waals surface area contributed by atoms with E-state index in [9.17, 15) is 14.7 Å². The smallest absolute Gasteiger partial charge is 0.266 e. The molecule has 0 spiro atoms. The molecular formula is C22H20N2O5S2. The number of hydrogen-bond donors (Lipinski definition) is 1. The van der Waals surface area contributed by atoms with Crippen molar-refractivity contribution in [3.05, 3.63) is 59.0 Å². The number of benzene rings is 2. The lowest BCUT2D eigenvalue weighted by Crippen LogP contribution is -2.37. The number of para-hydroxylation sites is 1. The summed E-state index contributed by atoms with van der Waals surface area (Å²) in [7, 11) is 0. The van der Waals surface area contributed by atoms with E-state index in [4.69, 9.17) is 21.7 Å². The maximum absolute atomic E-state index is 12.9. The fourth-order valence-corrected chi connectivity index (χ4v) is 4.60. The predicted molar refractivity (Wildman–Crippen MR) is 123 cm³/mol. The van der Waals surface area contributed by atoms with Crippen LogP contribution in [-0.2, 0) is 9.59 Å². The lowest BCUT2D eigenvalue weighted by atomic mass is 10.2. The summed E-state index contributed by atoms with van der Waals surface area (Å²) in [6, 6.07) is 14.6. The lowest BCUT2D eigenvalue weighted by molar-refractivity contribution is -0.123. The second-order valence-electron chi connectivity index (χ2n) is 6.80. The molecule has 2 aliphatic heterocycles. The molecule has 0 bridgehead atoms. The number of thioether (sulfide) groups is 1. The SMILES string of the molecule is O=C1/C(=C/c2ccc3c(c2)OCO3)SC(=S)N1CCC(=O)N(CCO)c1ccccc1. The molecule has 0 aromatic heterocycles. The van der Waals surface area contributed by atoms with Gasteiger partial charge in [-0.3, -0.25) is 14.5 Å². The molecule has 31 heavy (non-hydrogen) atoms. The second kappa shape index (κ2) is 9.51. The molecule has 0 unspecified atom stereocenters. The number of amides is 2. The standard InChI is InChI=1S/C22H20N2O5S2/c25-11-10-23(16-4-2-1-3-5-16)20(26)8-9-24-21(27)19(31-22(24)30)13-15-6-7-17-18(12-15)29-14-28-17/h1-7,12-13,25H,8-11,14H2/b19-13-. The third-order valence-electron chi connectivity index (χ3n) is 4.81. The zero-order valence-corrected chi connectivity index (χ0v) is 18.2. The van der Waals surface area contributed by atoms with Crippen molar-refractivity contribution >= 4 is 51.9 Å². The van der Waals surface area contributed by atoms with Crippen LogP contribution in [0, 0.1) is 0 Å². The quantitative estimate of drug-likeness (QED) is 0.507. The van der Waals surface area contributed by atoms with Crippen LogP contribution in [0.3, 0.4) is 0 Å². The van der Waals surface area contributed by atoms with Crippen molar-refractivity contribution in [3.8, 4) is 11.5 Å². The van der Waals surface area contributed by atoms with E-state index in [0.717, 1.165) is 5.56 Å². The molecule has 7 nitrogen and oxygen atoms in total. The Balaban J connectivity index is 1.42. The molecule has 2 amide bonds. The number of carbonyl (C=O) groups is 2. The highest BCUT2D eigenvalue weighted by Gasteiger charge is 2.32. The van der Waals surface area contributed by atoms with Gasteiger partial charge in [-0.15, -0.1) is 0 Å². The Bertz CT molecular complexity index is 1040. The lowest BCUT2D eigenvalue weighted by Gasteiger charge is -2.23. The number of hydrogen-bond acceptors (Lipinski definition) is 7. The van der Waals surface area contributed by atoms with Crippen LogP contribution in [0.25, 0.3) is 6.08 Å². The zero-order chi connectivity index (χ0) is 21.8.